The lowest BCUT2D eigenvalue weighted by Gasteiger charge is -2.31. The number of hydrogen-bond acceptors (Lipinski definition) is 6. The Kier molecular flexibility index (Phi) is 7.68. The Bertz CT molecular complexity index is 1070. The van der Waals surface area contributed by atoms with Crippen molar-refractivity contribution in [3.05, 3.63) is 81.9 Å². The van der Waals surface area contributed by atoms with Crippen molar-refractivity contribution >= 4 is 29.5 Å². The molecule has 1 heterocycles. The topological polar surface area (TPSA) is 108 Å². The number of methoxy groups -OCH3 is 1. The number of amides is 2. The highest BCUT2D eigenvalue weighted by Crippen LogP contribution is 2.40. The van der Waals surface area contributed by atoms with Gasteiger partial charge >= 0.3 is 5.97 Å². The van der Waals surface area contributed by atoms with E-state index in [2.05, 4.69) is 16.7 Å². The van der Waals surface area contributed by atoms with Crippen molar-refractivity contribution in [2.45, 2.75) is 19.4 Å². The molecule has 0 aromatic heterocycles. The van der Waals surface area contributed by atoms with Gasteiger partial charge in [0.05, 0.1) is 29.5 Å². The van der Waals surface area contributed by atoms with E-state index in [4.69, 9.17) is 4.74 Å². The minimum Gasteiger partial charge on any atom is -0.468 e. The average Bonchev–Trinajstić information content (AvgIpc) is 2.81. The van der Waals surface area contributed by atoms with Crippen molar-refractivity contribution in [1.29, 1.82) is 5.26 Å². The van der Waals surface area contributed by atoms with Gasteiger partial charge in [0.25, 0.3) is 0 Å². The Labute approximate surface area is 190 Å². The number of nitrogens with zero attached hydrogens (tertiary/aromatic N) is 1. The third-order valence-corrected chi connectivity index (χ3v) is 6.12. The second-order valence-corrected chi connectivity index (χ2v) is 8.27. The maximum Gasteiger partial charge on any atom is 0.319 e. The summed E-state index contributed by atoms with van der Waals surface area (Å²) in [5, 5.41) is 15.6. The van der Waals surface area contributed by atoms with E-state index < -0.39 is 23.7 Å². The SMILES string of the molecule is COC(=O)C1C(=O)NC(SCC(=O)NCc2ccccc2)=C(C#N)C1c1ccc(C)cc1. The predicted molar refractivity (Wildman–Crippen MR) is 121 cm³/mol. The summed E-state index contributed by atoms with van der Waals surface area (Å²) in [5.74, 6) is -3.49. The molecule has 2 aromatic carbocycles. The quantitative estimate of drug-likeness (QED) is 0.497. The predicted octanol–water partition coefficient (Wildman–Crippen LogP) is 2.78. The summed E-state index contributed by atoms with van der Waals surface area (Å²) in [7, 11) is 1.21. The van der Waals surface area contributed by atoms with Crippen molar-refractivity contribution in [2.24, 2.45) is 5.92 Å². The van der Waals surface area contributed by atoms with Crippen LogP contribution in [0.15, 0.2) is 65.2 Å². The summed E-state index contributed by atoms with van der Waals surface area (Å²) in [6, 6.07) is 18.9. The van der Waals surface area contributed by atoms with Crippen LogP contribution in [0.2, 0.25) is 0 Å². The number of carbonyl (C=O) groups excluding carboxylic acids is 3. The summed E-state index contributed by atoms with van der Waals surface area (Å²) in [5.41, 5.74) is 2.86. The summed E-state index contributed by atoms with van der Waals surface area (Å²) < 4.78 is 4.83. The van der Waals surface area contributed by atoms with Gasteiger partial charge in [-0.3, -0.25) is 14.4 Å². The molecule has 0 aliphatic carbocycles. The van der Waals surface area contributed by atoms with E-state index in [1.807, 2.05) is 49.4 Å². The number of nitriles is 1. The number of rotatable bonds is 7. The molecule has 7 nitrogen and oxygen atoms in total. The van der Waals surface area contributed by atoms with E-state index in [1.54, 1.807) is 12.1 Å². The number of ether oxygens (including phenoxy) is 1. The minimum absolute atomic E-state index is 0.0110. The van der Waals surface area contributed by atoms with Gasteiger partial charge in [-0.1, -0.05) is 71.9 Å². The zero-order valence-electron chi connectivity index (χ0n) is 17.8. The highest BCUT2D eigenvalue weighted by atomic mass is 32.2. The van der Waals surface area contributed by atoms with Gasteiger partial charge in [0.15, 0.2) is 0 Å². The largest absolute Gasteiger partial charge is 0.468 e. The van der Waals surface area contributed by atoms with E-state index in [-0.39, 0.29) is 22.3 Å². The standard InChI is InChI=1S/C24H23N3O4S/c1-15-8-10-17(11-9-15)20-18(12-25)23(27-22(29)21(20)24(30)31-2)32-14-19(28)26-13-16-6-4-3-5-7-16/h3-11,20-21H,13-14H2,1-2H3,(H,26,28)(H,27,29). The van der Waals surface area contributed by atoms with Gasteiger partial charge < -0.3 is 15.4 Å². The van der Waals surface area contributed by atoms with Gasteiger partial charge in [0.1, 0.15) is 5.92 Å². The van der Waals surface area contributed by atoms with Crippen LogP contribution in [-0.2, 0) is 25.7 Å². The lowest BCUT2D eigenvalue weighted by atomic mass is 9.78. The molecule has 2 atom stereocenters. The molecule has 0 fully saturated rings. The van der Waals surface area contributed by atoms with Crippen LogP contribution in [0.5, 0.6) is 0 Å². The molecule has 1 aliphatic rings. The minimum atomic E-state index is -1.19. The molecule has 2 amide bonds. The maximum atomic E-state index is 12.8. The number of esters is 1. The summed E-state index contributed by atoms with van der Waals surface area (Å²) in [4.78, 5) is 37.5. The van der Waals surface area contributed by atoms with Crippen LogP contribution in [0.3, 0.4) is 0 Å². The van der Waals surface area contributed by atoms with E-state index in [1.165, 1.54) is 7.11 Å². The van der Waals surface area contributed by atoms with Crippen LogP contribution >= 0.6 is 11.8 Å². The van der Waals surface area contributed by atoms with Crippen molar-refractivity contribution in [1.82, 2.24) is 10.6 Å². The number of allylic oxidation sites excluding steroid dienone is 1. The van der Waals surface area contributed by atoms with Crippen LogP contribution < -0.4 is 10.6 Å². The third-order valence-electron chi connectivity index (χ3n) is 5.10. The lowest BCUT2D eigenvalue weighted by Crippen LogP contribution is -2.44. The molecule has 0 saturated heterocycles. The van der Waals surface area contributed by atoms with E-state index in [9.17, 15) is 19.6 Å². The maximum absolute atomic E-state index is 12.8. The lowest BCUT2D eigenvalue weighted by molar-refractivity contribution is -0.150. The van der Waals surface area contributed by atoms with Crippen LogP contribution in [0.4, 0.5) is 0 Å². The average molecular weight is 450 g/mol. The molecular formula is C24H23N3O4S. The number of hydrogen-bond donors (Lipinski definition) is 2. The number of carbonyl (C=O) groups is 3. The molecule has 8 heteroatoms. The fraction of sp³-hybridized carbons (Fsp3) is 0.250. The second-order valence-electron chi connectivity index (χ2n) is 7.28. The molecule has 0 radical (unpaired) electrons. The highest BCUT2D eigenvalue weighted by molar-refractivity contribution is 8.03. The molecule has 2 N–H and O–H groups in total. The van der Waals surface area contributed by atoms with Crippen molar-refractivity contribution in [3.8, 4) is 6.07 Å². The smallest absolute Gasteiger partial charge is 0.319 e. The van der Waals surface area contributed by atoms with Gasteiger partial charge in [0, 0.05) is 12.5 Å². The van der Waals surface area contributed by atoms with E-state index in [0.29, 0.717) is 12.1 Å². The van der Waals surface area contributed by atoms with Crippen LogP contribution in [0.25, 0.3) is 0 Å². The molecule has 0 spiro atoms. The zero-order chi connectivity index (χ0) is 23.1. The molecule has 2 aromatic rings. The summed E-state index contributed by atoms with van der Waals surface area (Å²) in [6.07, 6.45) is 0. The molecule has 0 bridgehead atoms. The number of aryl methyl sites for hydroxylation is 1. The monoisotopic (exact) mass is 449 g/mol. The molecule has 2 unspecified atom stereocenters. The normalized spacial score (nSPS) is 17.8. The van der Waals surface area contributed by atoms with Crippen molar-refractivity contribution in [2.75, 3.05) is 12.9 Å². The van der Waals surface area contributed by atoms with Gasteiger partial charge in [-0.15, -0.1) is 0 Å². The molecule has 164 valence electrons. The second kappa shape index (κ2) is 10.6. The van der Waals surface area contributed by atoms with Crippen LogP contribution in [0, 0.1) is 24.2 Å². The first-order valence-electron chi connectivity index (χ1n) is 9.97. The first kappa shape index (κ1) is 23.1. The van der Waals surface area contributed by atoms with Crippen LogP contribution in [0.1, 0.15) is 22.6 Å². The van der Waals surface area contributed by atoms with E-state index >= 15 is 0 Å². The first-order valence-corrected chi connectivity index (χ1v) is 11.0. The molecule has 3 rings (SSSR count). The van der Waals surface area contributed by atoms with Gasteiger partial charge in [-0.05, 0) is 18.1 Å². The summed E-state index contributed by atoms with van der Waals surface area (Å²) in [6.45, 7) is 2.30. The van der Waals surface area contributed by atoms with Crippen molar-refractivity contribution in [3.63, 3.8) is 0 Å². The Morgan fingerprint density at radius 2 is 1.84 bits per heavy atom. The molecule has 0 saturated carbocycles. The number of nitrogens with one attached hydrogen (secondary N) is 2. The van der Waals surface area contributed by atoms with E-state index in [0.717, 1.165) is 22.9 Å². The summed E-state index contributed by atoms with van der Waals surface area (Å²) >= 11 is 1.06. The molecule has 32 heavy (non-hydrogen) atoms. The number of benzene rings is 2. The Morgan fingerprint density at radius 3 is 2.47 bits per heavy atom. The van der Waals surface area contributed by atoms with Gasteiger partial charge in [-0.2, -0.15) is 5.26 Å². The van der Waals surface area contributed by atoms with Gasteiger partial charge in [-0.25, -0.2) is 0 Å². The Balaban J connectivity index is 1.82. The third kappa shape index (κ3) is 5.37. The first-order chi connectivity index (χ1) is 15.4. The Morgan fingerprint density at radius 1 is 1.16 bits per heavy atom. The Hall–Kier alpha value is -3.57. The fourth-order valence-electron chi connectivity index (χ4n) is 3.44. The highest BCUT2D eigenvalue weighted by Gasteiger charge is 2.44. The van der Waals surface area contributed by atoms with Crippen molar-refractivity contribution < 1.29 is 19.1 Å². The number of thioether (sulfide) groups is 1. The molecular weight excluding hydrogens is 426 g/mol. The zero-order valence-corrected chi connectivity index (χ0v) is 18.6. The molecule has 1 aliphatic heterocycles. The van der Waals surface area contributed by atoms with Crippen LogP contribution in [-0.4, -0.2) is 30.6 Å². The van der Waals surface area contributed by atoms with Gasteiger partial charge in [0.2, 0.25) is 11.8 Å². The fourth-order valence-corrected chi connectivity index (χ4v) is 4.32.